The molecule has 2 rings (SSSR count). The lowest BCUT2D eigenvalue weighted by atomic mass is 10.5. The van der Waals surface area contributed by atoms with Crippen molar-refractivity contribution < 1.29 is 4.79 Å². The standard InChI is InChI=1S/C7H8N4O2.C3H6O/c1-10-3-8-5-4(10)6(12)9-7(13)11(5)2;1-2-3-4/h3H,1-2H3,(H,9,12,13);3H,2H2,1H3. The zero-order valence-corrected chi connectivity index (χ0v) is 9.93. The molecule has 0 bridgehead atoms. The van der Waals surface area contributed by atoms with Gasteiger partial charge < -0.3 is 9.36 Å². The number of rotatable bonds is 1. The van der Waals surface area contributed by atoms with Gasteiger partial charge in [-0.15, -0.1) is 0 Å². The molecule has 0 aliphatic carbocycles. The SMILES string of the molecule is CCC=O.Cn1cnc2c1c(=O)[nH]c(=O)n2C. The first-order valence-electron chi connectivity index (χ1n) is 5.06. The highest BCUT2D eigenvalue weighted by Gasteiger charge is 2.08. The second kappa shape index (κ2) is 5.24. The Morgan fingerprint density at radius 2 is 2.00 bits per heavy atom. The molecule has 2 heterocycles. The lowest BCUT2D eigenvalue weighted by Crippen LogP contribution is -2.28. The summed E-state index contributed by atoms with van der Waals surface area (Å²) in [5.41, 5.74) is -0.0485. The van der Waals surface area contributed by atoms with Gasteiger partial charge in [-0.1, -0.05) is 6.92 Å². The monoisotopic (exact) mass is 238 g/mol. The Balaban J connectivity index is 0.000000317. The van der Waals surface area contributed by atoms with Gasteiger partial charge in [0.1, 0.15) is 6.29 Å². The fourth-order valence-corrected chi connectivity index (χ4v) is 1.26. The summed E-state index contributed by atoms with van der Waals surface area (Å²) < 4.78 is 2.88. The van der Waals surface area contributed by atoms with E-state index >= 15 is 0 Å². The molecule has 0 saturated carbocycles. The van der Waals surface area contributed by atoms with E-state index in [1.807, 2.05) is 6.92 Å². The molecule has 0 aromatic carbocycles. The van der Waals surface area contributed by atoms with Crippen molar-refractivity contribution in [1.82, 2.24) is 19.1 Å². The minimum Gasteiger partial charge on any atom is -0.328 e. The molecular weight excluding hydrogens is 224 g/mol. The zero-order chi connectivity index (χ0) is 13.0. The molecule has 0 aliphatic rings. The number of hydrogen-bond donors (Lipinski definition) is 1. The predicted octanol–water partition coefficient (Wildman–Crippen LogP) is -0.444. The van der Waals surface area contributed by atoms with Crippen molar-refractivity contribution >= 4 is 17.5 Å². The molecule has 2 aromatic heterocycles. The van der Waals surface area contributed by atoms with Gasteiger partial charge in [-0.25, -0.2) is 9.78 Å². The lowest BCUT2D eigenvalue weighted by molar-refractivity contribution is -0.107. The fraction of sp³-hybridized carbons (Fsp3) is 0.400. The van der Waals surface area contributed by atoms with E-state index in [1.54, 1.807) is 18.7 Å². The number of aromatic amines is 1. The maximum absolute atomic E-state index is 11.3. The minimum atomic E-state index is -0.448. The van der Waals surface area contributed by atoms with Crippen molar-refractivity contribution in [2.45, 2.75) is 13.3 Å². The second-order valence-corrected chi connectivity index (χ2v) is 3.42. The smallest absolute Gasteiger partial charge is 0.328 e. The van der Waals surface area contributed by atoms with Crippen LogP contribution in [-0.4, -0.2) is 25.4 Å². The Labute approximate surface area is 96.7 Å². The van der Waals surface area contributed by atoms with Crippen LogP contribution in [-0.2, 0) is 18.9 Å². The average molecular weight is 238 g/mol. The second-order valence-electron chi connectivity index (χ2n) is 3.42. The van der Waals surface area contributed by atoms with E-state index in [2.05, 4.69) is 9.97 Å². The van der Waals surface area contributed by atoms with E-state index in [0.717, 1.165) is 6.29 Å². The highest BCUT2D eigenvalue weighted by atomic mass is 16.2. The third-order valence-electron chi connectivity index (χ3n) is 2.14. The normalized spacial score (nSPS) is 9.82. The number of hydrogen-bond acceptors (Lipinski definition) is 4. The number of carbonyl (C=O) groups excluding carboxylic acids is 1. The quantitative estimate of drug-likeness (QED) is 0.682. The van der Waals surface area contributed by atoms with E-state index in [1.165, 1.54) is 10.9 Å². The highest BCUT2D eigenvalue weighted by Crippen LogP contribution is 2.00. The summed E-state index contributed by atoms with van der Waals surface area (Å²) in [4.78, 5) is 37.7. The molecule has 0 amide bonds. The van der Waals surface area contributed by atoms with Gasteiger partial charge in [0.05, 0.1) is 6.33 Å². The summed E-state index contributed by atoms with van der Waals surface area (Å²) >= 11 is 0. The van der Waals surface area contributed by atoms with Crippen molar-refractivity contribution in [3.8, 4) is 0 Å². The summed E-state index contributed by atoms with van der Waals surface area (Å²) in [7, 11) is 3.27. The van der Waals surface area contributed by atoms with Gasteiger partial charge in [0.25, 0.3) is 5.56 Å². The van der Waals surface area contributed by atoms with Crippen molar-refractivity contribution in [3.05, 3.63) is 27.2 Å². The molecule has 0 saturated heterocycles. The molecule has 0 atom stereocenters. The third-order valence-corrected chi connectivity index (χ3v) is 2.14. The van der Waals surface area contributed by atoms with Crippen LogP contribution in [0.15, 0.2) is 15.9 Å². The van der Waals surface area contributed by atoms with Crippen molar-refractivity contribution in [1.29, 1.82) is 0 Å². The molecule has 0 spiro atoms. The van der Waals surface area contributed by atoms with Crippen LogP contribution in [0.5, 0.6) is 0 Å². The average Bonchev–Trinajstić information content (AvgIpc) is 2.69. The number of fused-ring (bicyclic) bond motifs is 1. The van der Waals surface area contributed by atoms with E-state index in [-0.39, 0.29) is 0 Å². The lowest BCUT2D eigenvalue weighted by Gasteiger charge is -1.97. The summed E-state index contributed by atoms with van der Waals surface area (Å²) in [6.45, 7) is 1.81. The first-order valence-corrected chi connectivity index (χ1v) is 5.06. The molecule has 7 heteroatoms. The molecule has 1 N–H and O–H groups in total. The third kappa shape index (κ3) is 2.49. The Bertz CT molecular complexity index is 635. The number of H-pyrrole nitrogens is 1. The number of imidazole rings is 1. The first-order chi connectivity index (χ1) is 8.02. The molecule has 2 aromatic rings. The number of carbonyl (C=O) groups is 1. The summed E-state index contributed by atoms with van der Waals surface area (Å²) in [5.74, 6) is 0. The Hall–Kier alpha value is -2.18. The van der Waals surface area contributed by atoms with Crippen LogP contribution in [0.1, 0.15) is 13.3 Å². The number of aromatic nitrogens is 4. The number of aryl methyl sites for hydroxylation is 2. The number of nitrogens with zero attached hydrogens (tertiary/aromatic N) is 3. The van der Waals surface area contributed by atoms with E-state index < -0.39 is 11.2 Å². The molecule has 0 radical (unpaired) electrons. The van der Waals surface area contributed by atoms with Crippen LogP contribution in [0.25, 0.3) is 11.2 Å². The van der Waals surface area contributed by atoms with E-state index in [9.17, 15) is 14.4 Å². The molecule has 0 aliphatic heterocycles. The predicted molar refractivity (Wildman–Crippen MR) is 62.9 cm³/mol. The topological polar surface area (TPSA) is 89.8 Å². The van der Waals surface area contributed by atoms with Crippen LogP contribution in [0.4, 0.5) is 0 Å². The molecule has 7 nitrogen and oxygen atoms in total. The minimum absolute atomic E-state index is 0.399. The molecular formula is C10H14N4O3. The summed E-state index contributed by atoms with van der Waals surface area (Å²) in [6, 6.07) is 0. The van der Waals surface area contributed by atoms with Gasteiger partial charge in [-0.05, 0) is 0 Å². The zero-order valence-electron chi connectivity index (χ0n) is 9.93. The fourth-order valence-electron chi connectivity index (χ4n) is 1.26. The Kier molecular flexibility index (Phi) is 3.97. The van der Waals surface area contributed by atoms with Crippen molar-refractivity contribution in [3.63, 3.8) is 0 Å². The number of nitrogens with one attached hydrogen (secondary N) is 1. The maximum atomic E-state index is 11.3. The van der Waals surface area contributed by atoms with Gasteiger partial charge in [-0.3, -0.25) is 14.3 Å². The first kappa shape index (κ1) is 12.9. The summed E-state index contributed by atoms with van der Waals surface area (Å²) in [6.07, 6.45) is 3.01. The Morgan fingerprint density at radius 3 is 2.53 bits per heavy atom. The summed E-state index contributed by atoms with van der Waals surface area (Å²) in [5, 5.41) is 0. The molecule has 0 fully saturated rings. The van der Waals surface area contributed by atoms with Crippen LogP contribution < -0.4 is 11.2 Å². The van der Waals surface area contributed by atoms with E-state index in [4.69, 9.17) is 0 Å². The molecule has 0 unspecified atom stereocenters. The van der Waals surface area contributed by atoms with Gasteiger partial charge >= 0.3 is 5.69 Å². The van der Waals surface area contributed by atoms with Crippen molar-refractivity contribution in [2.24, 2.45) is 14.1 Å². The van der Waals surface area contributed by atoms with Crippen LogP contribution >= 0.6 is 0 Å². The van der Waals surface area contributed by atoms with Crippen molar-refractivity contribution in [2.75, 3.05) is 0 Å². The van der Waals surface area contributed by atoms with Gasteiger partial charge in [0.2, 0.25) is 0 Å². The largest absolute Gasteiger partial charge is 0.329 e. The van der Waals surface area contributed by atoms with Gasteiger partial charge in [0, 0.05) is 20.5 Å². The highest BCUT2D eigenvalue weighted by molar-refractivity contribution is 5.69. The van der Waals surface area contributed by atoms with Crippen LogP contribution in [0, 0.1) is 0 Å². The van der Waals surface area contributed by atoms with Gasteiger partial charge in [0.15, 0.2) is 11.2 Å². The molecule has 17 heavy (non-hydrogen) atoms. The van der Waals surface area contributed by atoms with Crippen LogP contribution in [0.2, 0.25) is 0 Å². The van der Waals surface area contributed by atoms with E-state index in [0.29, 0.717) is 17.6 Å². The Morgan fingerprint density at radius 1 is 1.41 bits per heavy atom. The molecule has 92 valence electrons. The maximum Gasteiger partial charge on any atom is 0.329 e. The van der Waals surface area contributed by atoms with Crippen LogP contribution in [0.3, 0.4) is 0 Å². The number of aldehydes is 1. The van der Waals surface area contributed by atoms with Gasteiger partial charge in [-0.2, -0.15) is 0 Å².